The van der Waals surface area contributed by atoms with Crippen LogP contribution in [0.5, 0.6) is 0 Å². The zero-order chi connectivity index (χ0) is 20.4. The lowest BCUT2D eigenvalue weighted by molar-refractivity contribution is 0.0985. The summed E-state index contributed by atoms with van der Waals surface area (Å²) in [6.07, 6.45) is 6.73. The first-order valence-corrected chi connectivity index (χ1v) is 12.1. The highest BCUT2D eigenvalue weighted by Crippen LogP contribution is 2.35. The number of thiazole rings is 1. The van der Waals surface area contributed by atoms with E-state index in [2.05, 4.69) is 41.5 Å². The Morgan fingerprint density at radius 3 is 2.60 bits per heavy atom. The second-order valence-corrected chi connectivity index (χ2v) is 9.61. The second-order valence-electron chi connectivity index (χ2n) is 7.75. The average molecular weight is 462 g/mol. The van der Waals surface area contributed by atoms with Crippen molar-refractivity contribution in [2.24, 2.45) is 0 Å². The van der Waals surface area contributed by atoms with Gasteiger partial charge in [0.1, 0.15) is 0 Å². The predicted octanol–water partition coefficient (Wildman–Crippen LogP) is 5.53. The zero-order valence-electron chi connectivity index (χ0n) is 17.7. The van der Waals surface area contributed by atoms with Crippen LogP contribution in [-0.2, 0) is 12.8 Å². The lowest BCUT2D eigenvalue weighted by Gasteiger charge is -2.23. The van der Waals surface area contributed by atoms with E-state index < -0.39 is 0 Å². The molecule has 0 N–H and O–H groups in total. The first-order chi connectivity index (χ1) is 14.1. The molecule has 1 heterocycles. The summed E-state index contributed by atoms with van der Waals surface area (Å²) in [5, 5.41) is 0.783. The van der Waals surface area contributed by atoms with Gasteiger partial charge in [0, 0.05) is 23.5 Å². The number of thioether (sulfide) groups is 1. The molecule has 7 heteroatoms. The minimum absolute atomic E-state index is 0. The minimum Gasteiger partial charge on any atom is -0.308 e. The van der Waals surface area contributed by atoms with Gasteiger partial charge >= 0.3 is 0 Å². The van der Waals surface area contributed by atoms with Crippen molar-refractivity contribution in [3.8, 4) is 0 Å². The first-order valence-electron chi connectivity index (χ1n) is 10.1. The van der Waals surface area contributed by atoms with E-state index in [4.69, 9.17) is 4.98 Å². The Hall–Kier alpha value is -1.60. The fourth-order valence-corrected chi connectivity index (χ4v) is 5.44. The third kappa shape index (κ3) is 4.83. The Morgan fingerprint density at radius 2 is 1.87 bits per heavy atom. The van der Waals surface area contributed by atoms with E-state index in [1.165, 1.54) is 24.0 Å². The monoisotopic (exact) mass is 461 g/mol. The molecular formula is C23H28ClN3OS2. The number of likely N-dealkylation sites (N-methyl/N-ethyl adjacent to an activating group) is 1. The Labute approximate surface area is 193 Å². The summed E-state index contributed by atoms with van der Waals surface area (Å²) in [6, 6.07) is 12.5. The highest BCUT2D eigenvalue weighted by molar-refractivity contribution is 7.98. The van der Waals surface area contributed by atoms with Gasteiger partial charge in [0.05, 0.1) is 10.2 Å². The smallest absolute Gasteiger partial charge is 0.260 e. The highest BCUT2D eigenvalue weighted by atomic mass is 35.5. The van der Waals surface area contributed by atoms with E-state index in [1.807, 2.05) is 25.1 Å². The van der Waals surface area contributed by atoms with Gasteiger partial charge in [-0.1, -0.05) is 23.5 Å². The van der Waals surface area contributed by atoms with Crippen LogP contribution in [0.25, 0.3) is 10.2 Å². The molecule has 0 saturated carbocycles. The number of aryl methyl sites for hydroxylation is 2. The molecule has 0 unspecified atom stereocenters. The van der Waals surface area contributed by atoms with Gasteiger partial charge in [-0.2, -0.15) is 0 Å². The molecule has 0 aliphatic heterocycles. The van der Waals surface area contributed by atoms with Crippen molar-refractivity contribution >= 4 is 56.8 Å². The van der Waals surface area contributed by atoms with Crippen LogP contribution in [0.1, 0.15) is 34.3 Å². The molecule has 0 fully saturated rings. The fraction of sp³-hybridized carbons (Fsp3) is 0.391. The zero-order valence-corrected chi connectivity index (χ0v) is 20.1. The van der Waals surface area contributed by atoms with E-state index in [9.17, 15) is 4.79 Å². The Balaban J connectivity index is 0.00000256. The molecule has 0 spiro atoms. The largest absolute Gasteiger partial charge is 0.308 e. The summed E-state index contributed by atoms with van der Waals surface area (Å²) in [5.41, 5.74) is 4.50. The minimum atomic E-state index is 0. The number of anilines is 1. The molecule has 1 aliphatic rings. The fourth-order valence-electron chi connectivity index (χ4n) is 3.80. The molecule has 30 heavy (non-hydrogen) atoms. The number of carbonyl (C=O) groups is 1. The van der Waals surface area contributed by atoms with Gasteiger partial charge in [-0.3, -0.25) is 9.69 Å². The van der Waals surface area contributed by atoms with Crippen molar-refractivity contribution in [1.29, 1.82) is 0 Å². The SMILES string of the molecule is CSc1cccc2sc(N(CCN(C)C)C(=O)c3ccc4c(c3)CCCC4)nc12.Cl. The average Bonchev–Trinajstić information content (AvgIpc) is 3.17. The van der Waals surface area contributed by atoms with E-state index in [0.29, 0.717) is 6.54 Å². The maximum atomic E-state index is 13.5. The normalized spacial score (nSPS) is 13.2. The summed E-state index contributed by atoms with van der Waals surface area (Å²) in [5.74, 6) is 0.0463. The molecule has 1 aromatic heterocycles. The van der Waals surface area contributed by atoms with Crippen LogP contribution < -0.4 is 4.90 Å². The molecule has 2 aromatic carbocycles. The van der Waals surface area contributed by atoms with Gasteiger partial charge in [-0.25, -0.2) is 4.98 Å². The molecule has 1 aliphatic carbocycles. The third-order valence-electron chi connectivity index (χ3n) is 5.43. The van der Waals surface area contributed by atoms with Crippen molar-refractivity contribution in [1.82, 2.24) is 9.88 Å². The number of fused-ring (bicyclic) bond motifs is 2. The van der Waals surface area contributed by atoms with Gasteiger partial charge in [0.15, 0.2) is 5.13 Å². The van der Waals surface area contributed by atoms with Crippen LogP contribution in [0.3, 0.4) is 0 Å². The Morgan fingerprint density at radius 1 is 1.10 bits per heavy atom. The maximum absolute atomic E-state index is 13.5. The number of amides is 1. The molecule has 4 rings (SSSR count). The lowest BCUT2D eigenvalue weighted by atomic mass is 9.90. The molecular weight excluding hydrogens is 434 g/mol. The predicted molar refractivity (Wildman–Crippen MR) is 132 cm³/mol. The van der Waals surface area contributed by atoms with Crippen LogP contribution >= 0.6 is 35.5 Å². The molecule has 160 valence electrons. The summed E-state index contributed by atoms with van der Waals surface area (Å²) in [7, 11) is 4.07. The standard InChI is InChI=1S/C23H27N3OS2.ClH/c1-25(2)13-14-26(23-24-21-19(28-3)9-6-10-20(21)29-23)22(27)18-12-11-16-7-4-5-8-17(16)15-18;/h6,9-12,15H,4-5,7-8,13-14H2,1-3H3;1H. The quantitative estimate of drug-likeness (QED) is 0.452. The van der Waals surface area contributed by atoms with Crippen molar-refractivity contribution < 1.29 is 4.79 Å². The number of para-hydroxylation sites is 1. The summed E-state index contributed by atoms with van der Waals surface area (Å²) in [4.78, 5) is 23.5. The van der Waals surface area contributed by atoms with Gasteiger partial charge < -0.3 is 4.90 Å². The van der Waals surface area contributed by atoms with Crippen LogP contribution in [-0.4, -0.2) is 49.2 Å². The molecule has 1 amide bonds. The van der Waals surface area contributed by atoms with E-state index in [-0.39, 0.29) is 18.3 Å². The van der Waals surface area contributed by atoms with Crippen LogP contribution in [0.15, 0.2) is 41.3 Å². The van der Waals surface area contributed by atoms with Crippen molar-refractivity contribution in [2.75, 3.05) is 38.3 Å². The van der Waals surface area contributed by atoms with Crippen molar-refractivity contribution in [3.63, 3.8) is 0 Å². The van der Waals surface area contributed by atoms with Crippen molar-refractivity contribution in [3.05, 3.63) is 53.1 Å². The summed E-state index contributed by atoms with van der Waals surface area (Å²) >= 11 is 3.29. The molecule has 0 radical (unpaired) electrons. The second kappa shape index (κ2) is 10.1. The number of halogens is 1. The number of hydrogen-bond donors (Lipinski definition) is 0. The Kier molecular flexibility index (Phi) is 7.80. The van der Waals surface area contributed by atoms with Crippen LogP contribution in [0.2, 0.25) is 0 Å². The first kappa shape index (κ1) is 23.1. The molecule has 0 atom stereocenters. The number of rotatable bonds is 6. The summed E-state index contributed by atoms with van der Waals surface area (Å²) < 4.78 is 1.12. The van der Waals surface area contributed by atoms with Gasteiger partial charge in [0.25, 0.3) is 5.91 Å². The number of aromatic nitrogens is 1. The highest BCUT2D eigenvalue weighted by Gasteiger charge is 2.23. The molecule has 0 saturated heterocycles. The number of carbonyl (C=O) groups excluding carboxylic acids is 1. The lowest BCUT2D eigenvalue weighted by Crippen LogP contribution is -2.36. The van der Waals surface area contributed by atoms with Gasteiger partial charge in [-0.15, -0.1) is 24.2 Å². The van der Waals surface area contributed by atoms with E-state index in [0.717, 1.165) is 45.2 Å². The molecule has 3 aromatic rings. The molecule has 4 nitrogen and oxygen atoms in total. The number of nitrogens with zero attached hydrogens (tertiary/aromatic N) is 3. The van der Waals surface area contributed by atoms with E-state index >= 15 is 0 Å². The number of benzene rings is 2. The molecule has 0 bridgehead atoms. The topological polar surface area (TPSA) is 36.4 Å². The van der Waals surface area contributed by atoms with Crippen LogP contribution in [0, 0.1) is 0 Å². The Bertz CT molecular complexity index is 1030. The van der Waals surface area contributed by atoms with Crippen molar-refractivity contribution in [2.45, 2.75) is 30.6 Å². The number of hydrogen-bond acceptors (Lipinski definition) is 5. The van der Waals surface area contributed by atoms with Gasteiger partial charge in [0.2, 0.25) is 0 Å². The summed E-state index contributed by atoms with van der Waals surface area (Å²) in [6.45, 7) is 1.42. The maximum Gasteiger partial charge on any atom is 0.260 e. The third-order valence-corrected chi connectivity index (χ3v) is 7.25. The van der Waals surface area contributed by atoms with E-state index in [1.54, 1.807) is 23.1 Å². The van der Waals surface area contributed by atoms with Crippen LogP contribution in [0.4, 0.5) is 5.13 Å². The van der Waals surface area contributed by atoms with Gasteiger partial charge in [-0.05, 0) is 81.4 Å².